The van der Waals surface area contributed by atoms with Crippen molar-refractivity contribution in [2.75, 3.05) is 12.3 Å². The summed E-state index contributed by atoms with van der Waals surface area (Å²) in [5, 5.41) is 0. The molecule has 0 bridgehead atoms. The van der Waals surface area contributed by atoms with Gasteiger partial charge in [-0.15, -0.1) is 0 Å². The van der Waals surface area contributed by atoms with E-state index in [4.69, 9.17) is 10.5 Å². The molecule has 0 saturated carbocycles. The SMILES string of the molecule is CCCOc1cc(N)ccn1. The summed E-state index contributed by atoms with van der Waals surface area (Å²) in [5.41, 5.74) is 6.20. The third-order valence-corrected chi connectivity index (χ3v) is 1.21. The normalized spacial score (nSPS) is 9.55. The molecule has 0 fully saturated rings. The molecule has 0 atom stereocenters. The van der Waals surface area contributed by atoms with E-state index in [-0.39, 0.29) is 0 Å². The molecule has 0 aliphatic rings. The third-order valence-electron chi connectivity index (χ3n) is 1.21. The molecule has 1 heterocycles. The fourth-order valence-corrected chi connectivity index (χ4v) is 0.710. The summed E-state index contributed by atoms with van der Waals surface area (Å²) in [7, 11) is 0. The van der Waals surface area contributed by atoms with Crippen LogP contribution in [0.5, 0.6) is 5.88 Å². The van der Waals surface area contributed by atoms with Gasteiger partial charge in [-0.1, -0.05) is 6.92 Å². The second kappa shape index (κ2) is 3.81. The second-order valence-electron chi connectivity index (χ2n) is 2.28. The first-order valence-electron chi connectivity index (χ1n) is 3.67. The van der Waals surface area contributed by atoms with Gasteiger partial charge in [0.05, 0.1) is 6.61 Å². The molecule has 0 saturated heterocycles. The molecule has 1 aromatic heterocycles. The number of nitrogens with zero attached hydrogens (tertiary/aromatic N) is 1. The molecule has 3 nitrogen and oxygen atoms in total. The van der Waals surface area contributed by atoms with Crippen LogP contribution in [0.4, 0.5) is 5.69 Å². The Hall–Kier alpha value is -1.25. The smallest absolute Gasteiger partial charge is 0.215 e. The molecule has 0 aliphatic heterocycles. The molecule has 2 N–H and O–H groups in total. The first-order valence-corrected chi connectivity index (χ1v) is 3.67. The average Bonchev–Trinajstić information content (AvgIpc) is 2.01. The van der Waals surface area contributed by atoms with Gasteiger partial charge in [-0.05, 0) is 12.5 Å². The van der Waals surface area contributed by atoms with Crippen molar-refractivity contribution in [3.63, 3.8) is 0 Å². The fourth-order valence-electron chi connectivity index (χ4n) is 0.710. The van der Waals surface area contributed by atoms with Gasteiger partial charge in [0.2, 0.25) is 5.88 Å². The number of nitrogens with two attached hydrogens (primary N) is 1. The highest BCUT2D eigenvalue weighted by Crippen LogP contribution is 2.09. The number of anilines is 1. The highest BCUT2D eigenvalue weighted by Gasteiger charge is 1.92. The van der Waals surface area contributed by atoms with Gasteiger partial charge < -0.3 is 10.5 Å². The van der Waals surface area contributed by atoms with Crippen LogP contribution in [-0.2, 0) is 0 Å². The van der Waals surface area contributed by atoms with E-state index in [2.05, 4.69) is 4.98 Å². The van der Waals surface area contributed by atoms with Crippen LogP contribution in [0.2, 0.25) is 0 Å². The molecule has 0 amide bonds. The third kappa shape index (κ3) is 2.45. The van der Waals surface area contributed by atoms with Crippen LogP contribution in [0, 0.1) is 0 Å². The van der Waals surface area contributed by atoms with Crippen molar-refractivity contribution in [3.8, 4) is 5.88 Å². The predicted octanol–water partition coefficient (Wildman–Crippen LogP) is 1.45. The van der Waals surface area contributed by atoms with E-state index in [9.17, 15) is 0 Å². The van der Waals surface area contributed by atoms with Gasteiger partial charge in [-0.25, -0.2) is 4.98 Å². The molecule has 0 unspecified atom stereocenters. The number of aromatic nitrogens is 1. The molecular formula is C8H12N2O. The highest BCUT2D eigenvalue weighted by atomic mass is 16.5. The number of pyridine rings is 1. The van der Waals surface area contributed by atoms with Crippen LogP contribution in [0.1, 0.15) is 13.3 Å². The van der Waals surface area contributed by atoms with Crippen LogP contribution in [0.15, 0.2) is 18.3 Å². The summed E-state index contributed by atoms with van der Waals surface area (Å²) >= 11 is 0. The quantitative estimate of drug-likeness (QED) is 0.713. The van der Waals surface area contributed by atoms with Gasteiger partial charge in [-0.2, -0.15) is 0 Å². The number of hydrogen-bond donors (Lipinski definition) is 1. The Morgan fingerprint density at radius 2 is 2.45 bits per heavy atom. The lowest BCUT2D eigenvalue weighted by Crippen LogP contribution is -1.97. The van der Waals surface area contributed by atoms with E-state index < -0.39 is 0 Å². The van der Waals surface area contributed by atoms with Crippen LogP contribution in [0.3, 0.4) is 0 Å². The van der Waals surface area contributed by atoms with Crippen LogP contribution >= 0.6 is 0 Å². The zero-order chi connectivity index (χ0) is 8.10. The van der Waals surface area contributed by atoms with Crippen molar-refractivity contribution in [2.24, 2.45) is 0 Å². The Morgan fingerprint density at radius 1 is 1.64 bits per heavy atom. The van der Waals surface area contributed by atoms with E-state index in [1.807, 2.05) is 6.92 Å². The summed E-state index contributed by atoms with van der Waals surface area (Å²) < 4.78 is 5.24. The van der Waals surface area contributed by atoms with Crippen molar-refractivity contribution < 1.29 is 4.74 Å². The molecular weight excluding hydrogens is 140 g/mol. The van der Waals surface area contributed by atoms with Gasteiger partial charge in [0.1, 0.15) is 0 Å². The molecule has 0 radical (unpaired) electrons. The van der Waals surface area contributed by atoms with Crippen LogP contribution < -0.4 is 10.5 Å². The highest BCUT2D eigenvalue weighted by molar-refractivity contribution is 5.39. The summed E-state index contributed by atoms with van der Waals surface area (Å²) in [6.45, 7) is 2.74. The molecule has 3 heteroatoms. The van der Waals surface area contributed by atoms with E-state index >= 15 is 0 Å². The van der Waals surface area contributed by atoms with Crippen molar-refractivity contribution >= 4 is 5.69 Å². The Bertz CT molecular complexity index is 225. The minimum absolute atomic E-state index is 0.604. The maximum atomic E-state index is 5.51. The van der Waals surface area contributed by atoms with Gasteiger partial charge in [0.15, 0.2) is 0 Å². The van der Waals surface area contributed by atoms with Crippen molar-refractivity contribution in [2.45, 2.75) is 13.3 Å². The van der Waals surface area contributed by atoms with Crippen LogP contribution in [0.25, 0.3) is 0 Å². The summed E-state index contributed by atoms with van der Waals surface area (Å²) in [6, 6.07) is 3.45. The molecule has 1 aromatic rings. The zero-order valence-corrected chi connectivity index (χ0v) is 6.58. The monoisotopic (exact) mass is 152 g/mol. The predicted molar refractivity (Wildman–Crippen MR) is 44.4 cm³/mol. The van der Waals surface area contributed by atoms with Gasteiger partial charge in [-0.3, -0.25) is 0 Å². The largest absolute Gasteiger partial charge is 0.478 e. The average molecular weight is 152 g/mol. The topological polar surface area (TPSA) is 48.1 Å². The van der Waals surface area contributed by atoms with Crippen LogP contribution in [-0.4, -0.2) is 11.6 Å². The Kier molecular flexibility index (Phi) is 2.72. The molecule has 0 aromatic carbocycles. The first-order chi connectivity index (χ1) is 5.33. The zero-order valence-electron chi connectivity index (χ0n) is 6.58. The van der Waals surface area contributed by atoms with Gasteiger partial charge in [0.25, 0.3) is 0 Å². The van der Waals surface area contributed by atoms with Crippen molar-refractivity contribution in [3.05, 3.63) is 18.3 Å². The summed E-state index contributed by atoms with van der Waals surface area (Å²) in [4.78, 5) is 3.97. The molecule has 60 valence electrons. The van der Waals surface area contributed by atoms with Gasteiger partial charge in [0, 0.05) is 18.0 Å². The Labute approximate surface area is 66.2 Å². The van der Waals surface area contributed by atoms with E-state index in [1.54, 1.807) is 18.3 Å². The Balaban J connectivity index is 2.56. The van der Waals surface area contributed by atoms with Crippen molar-refractivity contribution in [1.82, 2.24) is 4.98 Å². The van der Waals surface area contributed by atoms with Crippen molar-refractivity contribution in [1.29, 1.82) is 0 Å². The molecule has 0 aliphatic carbocycles. The molecule has 1 rings (SSSR count). The fraction of sp³-hybridized carbons (Fsp3) is 0.375. The van der Waals surface area contributed by atoms with Gasteiger partial charge >= 0.3 is 0 Å². The maximum Gasteiger partial charge on any atom is 0.215 e. The second-order valence-corrected chi connectivity index (χ2v) is 2.28. The lowest BCUT2D eigenvalue weighted by Gasteiger charge is -2.02. The molecule has 0 spiro atoms. The van der Waals surface area contributed by atoms with E-state index in [0.717, 1.165) is 6.42 Å². The lowest BCUT2D eigenvalue weighted by atomic mass is 10.4. The Morgan fingerprint density at radius 3 is 3.09 bits per heavy atom. The van der Waals surface area contributed by atoms with E-state index in [0.29, 0.717) is 18.2 Å². The summed E-state index contributed by atoms with van der Waals surface area (Å²) in [5.74, 6) is 0.604. The molecule has 11 heavy (non-hydrogen) atoms. The maximum absolute atomic E-state index is 5.51. The number of ether oxygens (including phenoxy) is 1. The number of nitrogen functional groups attached to an aromatic ring is 1. The number of hydrogen-bond acceptors (Lipinski definition) is 3. The lowest BCUT2D eigenvalue weighted by molar-refractivity contribution is 0.305. The minimum Gasteiger partial charge on any atom is -0.478 e. The first kappa shape index (κ1) is 7.85. The van der Waals surface area contributed by atoms with E-state index in [1.165, 1.54) is 0 Å². The standard InChI is InChI=1S/C8H12N2O/c1-2-5-11-8-6-7(9)3-4-10-8/h3-4,6H,2,5H2,1H3,(H2,9,10). The number of rotatable bonds is 3. The summed E-state index contributed by atoms with van der Waals surface area (Å²) in [6.07, 6.45) is 2.62. The minimum atomic E-state index is 0.604.